The molecule has 4 nitrogen and oxygen atoms in total. The van der Waals surface area contributed by atoms with Crippen LogP contribution in [0.5, 0.6) is 0 Å². The number of nitrogens with zero attached hydrogens (tertiary/aromatic N) is 1. The monoisotopic (exact) mass is 282 g/mol. The Labute approximate surface area is 110 Å². The molecular formula is C12H11ClN2O2S. The average Bonchev–Trinajstić information content (AvgIpc) is 2.32. The predicted octanol–water partition coefficient (Wildman–Crippen LogP) is 2.29. The number of sulfone groups is 1. The normalized spacial score (nSPS) is 11.4. The van der Waals surface area contributed by atoms with Gasteiger partial charge in [-0.2, -0.15) is 0 Å². The van der Waals surface area contributed by atoms with Gasteiger partial charge in [0.05, 0.1) is 22.5 Å². The van der Waals surface area contributed by atoms with Crippen LogP contribution in [0.2, 0.25) is 5.02 Å². The summed E-state index contributed by atoms with van der Waals surface area (Å²) < 4.78 is 24.4. The van der Waals surface area contributed by atoms with E-state index in [4.69, 9.17) is 17.3 Å². The molecule has 0 spiro atoms. The van der Waals surface area contributed by atoms with Crippen LogP contribution in [0.15, 0.2) is 47.6 Å². The Bertz CT molecular complexity index is 671. The SMILES string of the molecule is Nc1cnccc1S(=O)(=O)Cc1ccccc1Cl. The molecule has 0 aliphatic carbocycles. The van der Waals surface area contributed by atoms with Gasteiger partial charge in [-0.15, -0.1) is 0 Å². The molecule has 0 amide bonds. The lowest BCUT2D eigenvalue weighted by atomic mass is 10.2. The van der Waals surface area contributed by atoms with Gasteiger partial charge in [-0.25, -0.2) is 8.42 Å². The van der Waals surface area contributed by atoms with Crippen molar-refractivity contribution in [1.29, 1.82) is 0 Å². The Morgan fingerprint density at radius 1 is 1.22 bits per heavy atom. The molecule has 0 saturated heterocycles. The van der Waals surface area contributed by atoms with E-state index in [-0.39, 0.29) is 16.3 Å². The van der Waals surface area contributed by atoms with Gasteiger partial charge in [-0.3, -0.25) is 4.98 Å². The number of hydrogen-bond donors (Lipinski definition) is 1. The van der Waals surface area contributed by atoms with Crippen molar-refractivity contribution in [3.8, 4) is 0 Å². The summed E-state index contributed by atoms with van der Waals surface area (Å²) >= 11 is 5.95. The van der Waals surface area contributed by atoms with Gasteiger partial charge in [0.15, 0.2) is 9.84 Å². The van der Waals surface area contributed by atoms with Gasteiger partial charge >= 0.3 is 0 Å². The van der Waals surface area contributed by atoms with Crippen LogP contribution in [0.25, 0.3) is 0 Å². The zero-order valence-corrected chi connectivity index (χ0v) is 10.9. The number of anilines is 1. The van der Waals surface area contributed by atoms with Gasteiger partial charge in [0.25, 0.3) is 0 Å². The lowest BCUT2D eigenvalue weighted by Crippen LogP contribution is -2.08. The van der Waals surface area contributed by atoms with E-state index in [1.807, 2.05) is 0 Å². The Morgan fingerprint density at radius 2 is 1.94 bits per heavy atom. The molecule has 94 valence electrons. The molecule has 2 aromatic rings. The summed E-state index contributed by atoms with van der Waals surface area (Å²) in [7, 11) is -3.52. The predicted molar refractivity (Wildman–Crippen MR) is 71.0 cm³/mol. The topological polar surface area (TPSA) is 73.0 Å². The zero-order valence-electron chi connectivity index (χ0n) is 9.38. The molecule has 18 heavy (non-hydrogen) atoms. The first kappa shape index (κ1) is 12.9. The number of halogens is 1. The number of pyridine rings is 1. The highest BCUT2D eigenvalue weighted by Gasteiger charge is 2.19. The number of benzene rings is 1. The van der Waals surface area contributed by atoms with Gasteiger partial charge in [-0.1, -0.05) is 29.8 Å². The van der Waals surface area contributed by atoms with Crippen LogP contribution < -0.4 is 5.73 Å². The molecule has 1 heterocycles. The van der Waals surface area contributed by atoms with Crippen molar-refractivity contribution < 1.29 is 8.42 Å². The van der Waals surface area contributed by atoms with E-state index in [0.717, 1.165) is 0 Å². The lowest BCUT2D eigenvalue weighted by molar-refractivity contribution is 0.595. The largest absolute Gasteiger partial charge is 0.396 e. The van der Waals surface area contributed by atoms with Gasteiger partial charge in [0.2, 0.25) is 0 Å². The third kappa shape index (κ3) is 2.63. The highest BCUT2D eigenvalue weighted by atomic mass is 35.5. The second-order valence-corrected chi connectivity index (χ2v) is 6.13. The van der Waals surface area contributed by atoms with E-state index >= 15 is 0 Å². The molecule has 2 rings (SSSR count). The second-order valence-electron chi connectivity index (χ2n) is 3.76. The highest BCUT2D eigenvalue weighted by molar-refractivity contribution is 7.90. The standard InChI is InChI=1S/C12H11ClN2O2S/c13-10-4-2-1-3-9(10)8-18(16,17)12-5-6-15-7-11(12)14/h1-7H,8,14H2. The lowest BCUT2D eigenvalue weighted by Gasteiger charge is -2.08. The molecule has 0 bridgehead atoms. The van der Waals surface area contributed by atoms with E-state index in [0.29, 0.717) is 10.6 Å². The van der Waals surface area contributed by atoms with Gasteiger partial charge in [0.1, 0.15) is 0 Å². The maximum atomic E-state index is 12.2. The van der Waals surface area contributed by atoms with Crippen LogP contribution in [0.1, 0.15) is 5.56 Å². The van der Waals surface area contributed by atoms with Crippen LogP contribution in [0.3, 0.4) is 0 Å². The van der Waals surface area contributed by atoms with Crippen molar-refractivity contribution >= 4 is 27.1 Å². The summed E-state index contributed by atoms with van der Waals surface area (Å²) in [5, 5.41) is 0.425. The molecule has 0 aliphatic rings. The molecular weight excluding hydrogens is 272 g/mol. The van der Waals surface area contributed by atoms with Crippen LogP contribution in [0, 0.1) is 0 Å². The van der Waals surface area contributed by atoms with Crippen LogP contribution >= 0.6 is 11.6 Å². The van der Waals surface area contributed by atoms with Crippen molar-refractivity contribution in [2.24, 2.45) is 0 Å². The number of nitrogens with two attached hydrogens (primary N) is 1. The minimum Gasteiger partial charge on any atom is -0.396 e. The summed E-state index contributed by atoms with van der Waals surface area (Å²) in [5.74, 6) is -0.180. The van der Waals surface area contributed by atoms with E-state index in [1.165, 1.54) is 18.5 Å². The fourth-order valence-electron chi connectivity index (χ4n) is 1.58. The summed E-state index contributed by atoms with van der Waals surface area (Å²) in [6.45, 7) is 0. The molecule has 0 fully saturated rings. The number of aromatic nitrogens is 1. The second kappa shape index (κ2) is 4.96. The third-order valence-corrected chi connectivity index (χ3v) is 4.55. The van der Waals surface area contributed by atoms with E-state index in [2.05, 4.69) is 4.98 Å². The van der Waals surface area contributed by atoms with Crippen molar-refractivity contribution in [3.05, 3.63) is 53.3 Å². The van der Waals surface area contributed by atoms with Gasteiger partial charge < -0.3 is 5.73 Å². The van der Waals surface area contributed by atoms with Gasteiger partial charge in [-0.05, 0) is 17.7 Å². The molecule has 0 aliphatic heterocycles. The molecule has 0 unspecified atom stereocenters. The van der Waals surface area contributed by atoms with Crippen LogP contribution in [-0.4, -0.2) is 13.4 Å². The molecule has 0 saturated carbocycles. The molecule has 0 radical (unpaired) electrons. The number of nitrogen functional groups attached to an aromatic ring is 1. The summed E-state index contributed by atoms with van der Waals surface area (Å²) in [4.78, 5) is 3.85. The highest BCUT2D eigenvalue weighted by Crippen LogP contribution is 2.24. The van der Waals surface area contributed by atoms with Crippen molar-refractivity contribution in [3.63, 3.8) is 0 Å². The van der Waals surface area contributed by atoms with Gasteiger partial charge in [0, 0.05) is 11.2 Å². The quantitative estimate of drug-likeness (QED) is 0.937. The van der Waals surface area contributed by atoms with Crippen LogP contribution in [-0.2, 0) is 15.6 Å². The fraction of sp³-hybridized carbons (Fsp3) is 0.0833. The molecule has 2 N–H and O–H groups in total. The molecule has 6 heteroatoms. The average molecular weight is 283 g/mol. The fourth-order valence-corrected chi connectivity index (χ4v) is 3.35. The maximum absolute atomic E-state index is 12.2. The maximum Gasteiger partial charge on any atom is 0.184 e. The molecule has 1 aromatic carbocycles. The minimum atomic E-state index is -3.52. The third-order valence-electron chi connectivity index (χ3n) is 2.45. The van der Waals surface area contributed by atoms with E-state index < -0.39 is 9.84 Å². The first-order valence-corrected chi connectivity index (χ1v) is 7.19. The number of rotatable bonds is 3. The summed E-state index contributed by atoms with van der Waals surface area (Å²) in [6, 6.07) is 8.22. The Hall–Kier alpha value is -1.59. The van der Waals surface area contributed by atoms with Crippen molar-refractivity contribution in [1.82, 2.24) is 4.98 Å². The van der Waals surface area contributed by atoms with Crippen molar-refractivity contribution in [2.75, 3.05) is 5.73 Å². The smallest absolute Gasteiger partial charge is 0.184 e. The summed E-state index contributed by atoms with van der Waals surface area (Å²) in [5.41, 5.74) is 6.32. The molecule has 0 atom stereocenters. The first-order valence-electron chi connectivity index (χ1n) is 5.16. The Kier molecular flexibility index (Phi) is 3.54. The van der Waals surface area contributed by atoms with E-state index in [1.54, 1.807) is 24.3 Å². The minimum absolute atomic E-state index is 0.0809. The Balaban J connectivity index is 2.40. The first-order chi connectivity index (χ1) is 8.50. The Morgan fingerprint density at radius 3 is 2.61 bits per heavy atom. The van der Waals surface area contributed by atoms with E-state index in [9.17, 15) is 8.42 Å². The zero-order chi connectivity index (χ0) is 13.2. The van der Waals surface area contributed by atoms with Crippen LogP contribution in [0.4, 0.5) is 5.69 Å². The van der Waals surface area contributed by atoms with Crippen molar-refractivity contribution in [2.45, 2.75) is 10.6 Å². The summed E-state index contributed by atoms with van der Waals surface area (Å²) in [6.07, 6.45) is 2.72. The molecule has 1 aromatic heterocycles. The number of hydrogen-bond acceptors (Lipinski definition) is 4.